The maximum Gasteiger partial charge on any atom is 0.123 e. The summed E-state index contributed by atoms with van der Waals surface area (Å²) in [5, 5.41) is 10.9. The summed E-state index contributed by atoms with van der Waals surface area (Å²) >= 11 is 3.78. The molecule has 3 aromatic rings. The zero-order valence-corrected chi connectivity index (χ0v) is 19.2. The van der Waals surface area contributed by atoms with Crippen molar-refractivity contribution in [1.29, 1.82) is 0 Å². The maximum absolute atomic E-state index is 10.9. The van der Waals surface area contributed by atoms with E-state index in [9.17, 15) is 5.11 Å². The lowest BCUT2D eigenvalue weighted by atomic mass is 9.84. The fourth-order valence-electron chi connectivity index (χ4n) is 3.24. The van der Waals surface area contributed by atoms with Gasteiger partial charge in [-0.05, 0) is 27.7 Å². The first-order chi connectivity index (χ1) is 13.9. The van der Waals surface area contributed by atoms with Gasteiger partial charge in [-0.1, -0.05) is 93.6 Å². The molecule has 152 valence electrons. The van der Waals surface area contributed by atoms with E-state index in [1.54, 1.807) is 0 Å². The van der Waals surface area contributed by atoms with Crippen LogP contribution in [0, 0.1) is 0 Å². The van der Waals surface area contributed by atoms with Crippen molar-refractivity contribution in [3.05, 3.63) is 101 Å². The number of rotatable bonds is 8. The predicted octanol–water partition coefficient (Wildman–Crippen LogP) is 7.56. The average Bonchev–Trinajstić information content (AvgIpc) is 2.71. The lowest BCUT2D eigenvalue weighted by Gasteiger charge is -2.23. The first-order valence-corrected chi connectivity index (χ1v) is 12.3. The first kappa shape index (κ1) is 21.9. The molecule has 0 amide bonds. The first-order valence-electron chi connectivity index (χ1n) is 10.0. The molecule has 0 aliphatic heterocycles. The van der Waals surface area contributed by atoms with Crippen LogP contribution in [0.15, 0.2) is 72.8 Å². The van der Waals surface area contributed by atoms with Crippen LogP contribution in [-0.4, -0.2) is 5.11 Å². The van der Waals surface area contributed by atoms with Crippen molar-refractivity contribution in [3.8, 4) is 5.75 Å². The monoisotopic (exact) mass is 422 g/mol. The summed E-state index contributed by atoms with van der Waals surface area (Å²) in [5.74, 6) is 4.20. The minimum absolute atomic E-state index is 0.0803. The lowest BCUT2D eigenvalue weighted by molar-refractivity contribution is 0.442. The molecule has 0 aliphatic rings. The molecule has 0 spiro atoms. The van der Waals surface area contributed by atoms with Gasteiger partial charge in [0.15, 0.2) is 0 Å². The zero-order valence-electron chi connectivity index (χ0n) is 17.5. The summed E-state index contributed by atoms with van der Waals surface area (Å²) in [6.07, 6.45) is 0. The molecule has 3 heteroatoms. The van der Waals surface area contributed by atoms with Crippen LogP contribution in [-0.2, 0) is 28.4 Å². The van der Waals surface area contributed by atoms with E-state index in [4.69, 9.17) is 0 Å². The molecule has 0 bridgehead atoms. The van der Waals surface area contributed by atoms with Gasteiger partial charge in [0, 0.05) is 28.6 Å². The van der Waals surface area contributed by atoms with Crippen molar-refractivity contribution >= 4 is 23.5 Å². The summed E-state index contributed by atoms with van der Waals surface area (Å²) in [7, 11) is 0. The molecule has 1 nitrogen and oxygen atoms in total. The van der Waals surface area contributed by atoms with Crippen molar-refractivity contribution in [1.82, 2.24) is 0 Å². The molecule has 0 radical (unpaired) electrons. The summed E-state index contributed by atoms with van der Waals surface area (Å²) in [5.41, 5.74) is 5.99. The Bertz CT molecular complexity index is 899. The molecular weight excluding hydrogens is 392 g/mol. The largest absolute Gasteiger partial charge is 0.507 e. The van der Waals surface area contributed by atoms with E-state index in [1.807, 2.05) is 29.6 Å². The van der Waals surface area contributed by atoms with Gasteiger partial charge in [-0.25, -0.2) is 0 Å². The molecule has 1 N–H and O–H groups in total. The Morgan fingerprint density at radius 3 is 1.66 bits per heavy atom. The number of phenolic OH excluding ortho intramolecular Hbond substituents is 1. The van der Waals surface area contributed by atoms with Crippen LogP contribution in [0.4, 0.5) is 0 Å². The molecule has 0 saturated heterocycles. The van der Waals surface area contributed by atoms with Gasteiger partial charge in [-0.3, -0.25) is 0 Å². The van der Waals surface area contributed by atoms with Crippen molar-refractivity contribution in [2.24, 2.45) is 0 Å². The molecule has 0 aliphatic carbocycles. The number of hydrogen-bond donors (Lipinski definition) is 1. The van der Waals surface area contributed by atoms with Crippen molar-refractivity contribution in [3.63, 3.8) is 0 Å². The third kappa shape index (κ3) is 6.58. The van der Waals surface area contributed by atoms with E-state index in [-0.39, 0.29) is 5.41 Å². The van der Waals surface area contributed by atoms with Crippen LogP contribution >= 0.6 is 23.5 Å². The fourth-order valence-corrected chi connectivity index (χ4v) is 5.14. The van der Waals surface area contributed by atoms with Crippen molar-refractivity contribution < 1.29 is 5.11 Å². The number of hydrogen-bond acceptors (Lipinski definition) is 3. The highest BCUT2D eigenvalue weighted by Gasteiger charge is 2.21. The van der Waals surface area contributed by atoms with Crippen LogP contribution in [0.5, 0.6) is 5.75 Å². The standard InChI is InChI=1S/C26H30OS2/c1-26(2,3)24-15-22(18-28-16-20-10-6-4-7-11-20)14-23(25(24)27)19-29-17-21-12-8-5-9-13-21/h4-15,27H,16-19H2,1-3H3. The van der Waals surface area contributed by atoms with E-state index < -0.39 is 0 Å². The van der Waals surface area contributed by atoms with Gasteiger partial charge in [0.05, 0.1) is 0 Å². The highest BCUT2D eigenvalue weighted by Crippen LogP contribution is 2.37. The smallest absolute Gasteiger partial charge is 0.123 e. The number of thioether (sulfide) groups is 2. The Morgan fingerprint density at radius 2 is 1.14 bits per heavy atom. The fraction of sp³-hybridized carbons (Fsp3) is 0.308. The predicted molar refractivity (Wildman–Crippen MR) is 130 cm³/mol. The minimum Gasteiger partial charge on any atom is -0.507 e. The molecule has 0 unspecified atom stereocenters. The minimum atomic E-state index is -0.0803. The Hall–Kier alpha value is -1.84. The van der Waals surface area contributed by atoms with E-state index in [0.29, 0.717) is 5.75 Å². The van der Waals surface area contributed by atoms with Gasteiger partial charge in [0.1, 0.15) is 5.75 Å². The Kier molecular flexibility index (Phi) is 7.74. The third-order valence-corrected chi connectivity index (χ3v) is 6.93. The number of benzene rings is 3. The second-order valence-corrected chi connectivity index (χ2v) is 10.3. The average molecular weight is 423 g/mol. The molecular formula is C26H30OS2. The topological polar surface area (TPSA) is 20.2 Å². The zero-order chi connectivity index (χ0) is 20.7. The maximum atomic E-state index is 10.9. The third-order valence-electron chi connectivity index (χ3n) is 4.81. The Morgan fingerprint density at radius 1 is 0.655 bits per heavy atom. The van der Waals surface area contributed by atoms with Gasteiger partial charge < -0.3 is 5.11 Å². The highest BCUT2D eigenvalue weighted by molar-refractivity contribution is 7.98. The van der Waals surface area contributed by atoms with Crippen LogP contribution < -0.4 is 0 Å². The second-order valence-electron chi connectivity index (χ2n) is 8.36. The Balaban J connectivity index is 1.71. The molecule has 0 atom stereocenters. The molecule has 0 saturated carbocycles. The summed E-state index contributed by atoms with van der Waals surface area (Å²) in [4.78, 5) is 0. The Labute approximate surface area is 184 Å². The van der Waals surface area contributed by atoms with Crippen LogP contribution in [0.3, 0.4) is 0 Å². The molecule has 3 aromatic carbocycles. The van der Waals surface area contributed by atoms with E-state index in [0.717, 1.165) is 34.1 Å². The quantitative estimate of drug-likeness (QED) is 0.404. The molecule has 0 fully saturated rings. The SMILES string of the molecule is CC(C)(C)c1cc(CSCc2ccccc2)cc(CSCc2ccccc2)c1O. The van der Waals surface area contributed by atoms with Gasteiger partial charge in [0.25, 0.3) is 0 Å². The molecule has 3 rings (SSSR count). The number of phenols is 1. The summed E-state index contributed by atoms with van der Waals surface area (Å²) in [6.45, 7) is 6.51. The molecule has 0 heterocycles. The van der Waals surface area contributed by atoms with Gasteiger partial charge in [-0.15, -0.1) is 0 Å². The van der Waals surface area contributed by atoms with Crippen LogP contribution in [0.2, 0.25) is 0 Å². The normalized spacial score (nSPS) is 11.6. The molecule has 29 heavy (non-hydrogen) atoms. The van der Waals surface area contributed by atoms with Gasteiger partial charge in [0.2, 0.25) is 0 Å². The van der Waals surface area contributed by atoms with Gasteiger partial charge >= 0.3 is 0 Å². The lowest BCUT2D eigenvalue weighted by Crippen LogP contribution is -2.12. The van der Waals surface area contributed by atoms with Crippen LogP contribution in [0.25, 0.3) is 0 Å². The summed E-state index contributed by atoms with van der Waals surface area (Å²) < 4.78 is 0. The van der Waals surface area contributed by atoms with Crippen molar-refractivity contribution in [2.45, 2.75) is 49.2 Å². The van der Waals surface area contributed by atoms with E-state index in [2.05, 4.69) is 87.5 Å². The van der Waals surface area contributed by atoms with Crippen LogP contribution in [0.1, 0.15) is 48.6 Å². The highest BCUT2D eigenvalue weighted by atomic mass is 32.2. The van der Waals surface area contributed by atoms with E-state index >= 15 is 0 Å². The van der Waals surface area contributed by atoms with Crippen molar-refractivity contribution in [2.75, 3.05) is 0 Å². The number of aromatic hydroxyl groups is 1. The molecule has 0 aromatic heterocycles. The summed E-state index contributed by atoms with van der Waals surface area (Å²) in [6, 6.07) is 25.5. The van der Waals surface area contributed by atoms with E-state index in [1.165, 1.54) is 16.7 Å². The van der Waals surface area contributed by atoms with Gasteiger partial charge in [-0.2, -0.15) is 23.5 Å². The second kappa shape index (κ2) is 10.3.